The SMILES string of the molecule is CCNCc1cc(Br)ccc1OCCC1CCCO1. The van der Waals surface area contributed by atoms with Gasteiger partial charge in [0.2, 0.25) is 0 Å². The third-order valence-corrected chi connectivity index (χ3v) is 3.80. The lowest BCUT2D eigenvalue weighted by molar-refractivity contribution is 0.0902. The van der Waals surface area contributed by atoms with E-state index < -0.39 is 0 Å². The smallest absolute Gasteiger partial charge is 0.123 e. The fourth-order valence-electron chi connectivity index (χ4n) is 2.26. The molecule has 0 spiro atoms. The average Bonchev–Trinajstić information content (AvgIpc) is 2.91. The third kappa shape index (κ3) is 4.79. The van der Waals surface area contributed by atoms with Crippen LogP contribution in [-0.4, -0.2) is 25.9 Å². The first-order valence-electron chi connectivity index (χ1n) is 7.03. The molecule has 3 nitrogen and oxygen atoms in total. The minimum absolute atomic E-state index is 0.396. The van der Waals surface area contributed by atoms with Crippen molar-refractivity contribution in [3.63, 3.8) is 0 Å². The highest BCUT2D eigenvalue weighted by atomic mass is 79.9. The monoisotopic (exact) mass is 327 g/mol. The minimum atomic E-state index is 0.396. The summed E-state index contributed by atoms with van der Waals surface area (Å²) in [5.41, 5.74) is 1.20. The Morgan fingerprint density at radius 2 is 2.37 bits per heavy atom. The van der Waals surface area contributed by atoms with Crippen molar-refractivity contribution in [1.82, 2.24) is 5.32 Å². The van der Waals surface area contributed by atoms with Crippen molar-refractivity contribution >= 4 is 15.9 Å². The number of ether oxygens (including phenoxy) is 2. The molecule has 1 aromatic rings. The van der Waals surface area contributed by atoms with Crippen molar-refractivity contribution in [1.29, 1.82) is 0 Å². The van der Waals surface area contributed by atoms with Crippen LogP contribution in [0.4, 0.5) is 0 Å². The summed E-state index contributed by atoms with van der Waals surface area (Å²) in [6.07, 6.45) is 3.74. The van der Waals surface area contributed by atoms with Crippen molar-refractivity contribution in [2.24, 2.45) is 0 Å². The van der Waals surface area contributed by atoms with Crippen LogP contribution in [0.5, 0.6) is 5.75 Å². The molecular weight excluding hydrogens is 306 g/mol. The number of rotatable bonds is 7. The van der Waals surface area contributed by atoms with E-state index in [1.807, 2.05) is 12.1 Å². The van der Waals surface area contributed by atoms with E-state index in [0.717, 1.165) is 42.9 Å². The summed E-state index contributed by atoms with van der Waals surface area (Å²) in [6.45, 7) is 5.54. The topological polar surface area (TPSA) is 30.5 Å². The van der Waals surface area contributed by atoms with Crippen molar-refractivity contribution in [2.45, 2.75) is 38.8 Å². The summed E-state index contributed by atoms with van der Waals surface area (Å²) >= 11 is 3.51. The van der Waals surface area contributed by atoms with Crippen molar-refractivity contribution in [3.05, 3.63) is 28.2 Å². The molecule has 0 aliphatic carbocycles. The Morgan fingerprint density at radius 1 is 1.47 bits per heavy atom. The molecule has 2 rings (SSSR count). The molecule has 1 heterocycles. The lowest BCUT2D eigenvalue weighted by Gasteiger charge is -2.14. The Kier molecular flexibility index (Phi) is 6.14. The van der Waals surface area contributed by atoms with Crippen molar-refractivity contribution in [3.8, 4) is 5.75 Å². The van der Waals surface area contributed by atoms with Gasteiger partial charge in [-0.25, -0.2) is 0 Å². The fraction of sp³-hybridized carbons (Fsp3) is 0.600. The highest BCUT2D eigenvalue weighted by Gasteiger charge is 2.15. The van der Waals surface area contributed by atoms with Crippen LogP contribution in [0.1, 0.15) is 31.7 Å². The molecule has 0 amide bonds. The van der Waals surface area contributed by atoms with Gasteiger partial charge in [0.25, 0.3) is 0 Å². The lowest BCUT2D eigenvalue weighted by atomic mass is 10.2. The van der Waals surface area contributed by atoms with E-state index in [-0.39, 0.29) is 0 Å². The molecule has 1 fully saturated rings. The lowest BCUT2D eigenvalue weighted by Crippen LogP contribution is -2.14. The van der Waals surface area contributed by atoms with Crippen LogP contribution < -0.4 is 10.1 Å². The zero-order valence-electron chi connectivity index (χ0n) is 11.5. The average molecular weight is 328 g/mol. The van der Waals surface area contributed by atoms with E-state index in [1.165, 1.54) is 18.4 Å². The van der Waals surface area contributed by atoms with E-state index in [9.17, 15) is 0 Å². The highest BCUT2D eigenvalue weighted by Crippen LogP contribution is 2.24. The molecule has 0 saturated carbocycles. The highest BCUT2D eigenvalue weighted by molar-refractivity contribution is 9.10. The molecule has 4 heteroatoms. The van der Waals surface area contributed by atoms with Gasteiger partial charge < -0.3 is 14.8 Å². The molecule has 0 radical (unpaired) electrons. The molecular formula is C15H22BrNO2. The van der Waals surface area contributed by atoms with Crippen LogP contribution in [0.25, 0.3) is 0 Å². The van der Waals surface area contributed by atoms with Crippen LogP contribution in [0.3, 0.4) is 0 Å². The van der Waals surface area contributed by atoms with E-state index in [4.69, 9.17) is 9.47 Å². The first kappa shape index (κ1) is 14.8. The Morgan fingerprint density at radius 3 is 3.11 bits per heavy atom. The van der Waals surface area contributed by atoms with Crippen LogP contribution in [0, 0.1) is 0 Å². The molecule has 106 valence electrons. The number of nitrogens with one attached hydrogen (secondary N) is 1. The van der Waals surface area contributed by atoms with Crippen LogP contribution in [0.15, 0.2) is 22.7 Å². The summed E-state index contributed by atoms with van der Waals surface area (Å²) < 4.78 is 12.6. The maximum absolute atomic E-state index is 5.91. The summed E-state index contributed by atoms with van der Waals surface area (Å²) in [6, 6.07) is 6.17. The zero-order valence-corrected chi connectivity index (χ0v) is 13.0. The van der Waals surface area contributed by atoms with Gasteiger partial charge in [-0.2, -0.15) is 0 Å². The summed E-state index contributed by atoms with van der Waals surface area (Å²) in [7, 11) is 0. The maximum Gasteiger partial charge on any atom is 0.123 e. The normalized spacial score (nSPS) is 18.7. The maximum atomic E-state index is 5.91. The van der Waals surface area contributed by atoms with Crippen LogP contribution in [0.2, 0.25) is 0 Å². The standard InChI is InChI=1S/C15H22BrNO2/c1-2-17-11-12-10-13(16)5-6-15(12)19-9-7-14-4-3-8-18-14/h5-6,10,14,17H,2-4,7-9,11H2,1H3. The quantitative estimate of drug-likeness (QED) is 0.831. The Labute approximate surface area is 123 Å². The van der Waals surface area contributed by atoms with Crippen molar-refractivity contribution < 1.29 is 9.47 Å². The Balaban J connectivity index is 1.86. The molecule has 0 bridgehead atoms. The summed E-state index contributed by atoms with van der Waals surface area (Å²) in [5, 5.41) is 3.34. The molecule has 1 aliphatic heterocycles. The van der Waals surface area contributed by atoms with Gasteiger partial charge in [0.15, 0.2) is 0 Å². The van der Waals surface area contributed by atoms with Crippen LogP contribution in [-0.2, 0) is 11.3 Å². The second kappa shape index (κ2) is 7.88. The number of hydrogen-bond acceptors (Lipinski definition) is 3. The fourth-order valence-corrected chi connectivity index (χ4v) is 2.67. The zero-order chi connectivity index (χ0) is 13.5. The summed E-state index contributed by atoms with van der Waals surface area (Å²) in [4.78, 5) is 0. The van der Waals surface area contributed by atoms with Gasteiger partial charge in [-0.1, -0.05) is 22.9 Å². The number of halogens is 1. The molecule has 1 unspecified atom stereocenters. The van der Waals surface area contributed by atoms with Gasteiger partial charge in [-0.3, -0.25) is 0 Å². The predicted molar refractivity (Wildman–Crippen MR) is 80.6 cm³/mol. The Hall–Kier alpha value is -0.580. The molecule has 1 saturated heterocycles. The predicted octanol–water partition coefficient (Wildman–Crippen LogP) is 3.51. The molecule has 1 aliphatic rings. The van der Waals surface area contributed by atoms with Gasteiger partial charge in [-0.05, 0) is 37.6 Å². The number of benzene rings is 1. The van der Waals surface area contributed by atoms with E-state index in [2.05, 4.69) is 34.2 Å². The van der Waals surface area contributed by atoms with Gasteiger partial charge in [-0.15, -0.1) is 0 Å². The van der Waals surface area contributed by atoms with Crippen LogP contribution >= 0.6 is 15.9 Å². The molecule has 0 aromatic heterocycles. The second-order valence-electron chi connectivity index (χ2n) is 4.80. The second-order valence-corrected chi connectivity index (χ2v) is 5.72. The first-order chi connectivity index (χ1) is 9.29. The Bertz CT molecular complexity index is 392. The first-order valence-corrected chi connectivity index (χ1v) is 7.82. The van der Waals surface area contributed by atoms with E-state index in [1.54, 1.807) is 0 Å². The minimum Gasteiger partial charge on any atom is -0.493 e. The van der Waals surface area contributed by atoms with Gasteiger partial charge in [0, 0.05) is 29.6 Å². The largest absolute Gasteiger partial charge is 0.493 e. The van der Waals surface area contributed by atoms with E-state index >= 15 is 0 Å². The molecule has 19 heavy (non-hydrogen) atoms. The third-order valence-electron chi connectivity index (χ3n) is 3.31. The molecule has 1 aromatic carbocycles. The van der Waals surface area contributed by atoms with Gasteiger partial charge >= 0.3 is 0 Å². The van der Waals surface area contributed by atoms with Gasteiger partial charge in [0.05, 0.1) is 12.7 Å². The van der Waals surface area contributed by atoms with Crippen molar-refractivity contribution in [2.75, 3.05) is 19.8 Å². The number of hydrogen-bond donors (Lipinski definition) is 1. The van der Waals surface area contributed by atoms with E-state index in [0.29, 0.717) is 6.10 Å². The summed E-state index contributed by atoms with van der Waals surface area (Å²) in [5.74, 6) is 0.974. The molecule has 1 atom stereocenters. The van der Waals surface area contributed by atoms with Gasteiger partial charge in [0.1, 0.15) is 5.75 Å². The molecule has 1 N–H and O–H groups in total.